The van der Waals surface area contributed by atoms with Gasteiger partial charge >= 0.3 is 0 Å². The van der Waals surface area contributed by atoms with Gasteiger partial charge in [-0.3, -0.25) is 0 Å². The zero-order valence-corrected chi connectivity index (χ0v) is 12.2. The number of anilines is 1. The second kappa shape index (κ2) is 6.79. The molecule has 1 rings (SSSR count). The molecule has 2 unspecified atom stereocenters. The molecule has 18 heavy (non-hydrogen) atoms. The Kier molecular flexibility index (Phi) is 5.67. The van der Waals surface area contributed by atoms with Gasteiger partial charge in [-0.2, -0.15) is 0 Å². The van der Waals surface area contributed by atoms with E-state index in [-0.39, 0.29) is 12.1 Å². The molecule has 2 N–H and O–H groups in total. The van der Waals surface area contributed by atoms with Crippen molar-refractivity contribution in [2.45, 2.75) is 52.5 Å². The lowest BCUT2D eigenvalue weighted by Crippen LogP contribution is -2.43. The van der Waals surface area contributed by atoms with Gasteiger partial charge in [0.15, 0.2) is 0 Å². The summed E-state index contributed by atoms with van der Waals surface area (Å²) >= 11 is 0. The van der Waals surface area contributed by atoms with Crippen LogP contribution in [-0.4, -0.2) is 17.3 Å². The Morgan fingerprint density at radius 1 is 1.28 bits per heavy atom. The highest BCUT2D eigenvalue weighted by atomic mass is 16.3. The molecule has 1 aromatic rings. The average molecular weight is 249 g/mol. The summed E-state index contributed by atoms with van der Waals surface area (Å²) < 4.78 is 0. The Bertz CT molecular complexity index is 358. The minimum atomic E-state index is -0.193. The molecule has 0 aliphatic heterocycles. The number of aryl methyl sites for hydroxylation is 1. The smallest absolute Gasteiger partial charge is 0.0661 e. The first kappa shape index (κ1) is 15.0. The van der Waals surface area contributed by atoms with E-state index in [9.17, 15) is 5.11 Å². The molecule has 0 bridgehead atoms. The highest BCUT2D eigenvalue weighted by molar-refractivity contribution is 5.52. The Balaban J connectivity index is 2.88. The number of para-hydroxylation sites is 1. The van der Waals surface area contributed by atoms with E-state index < -0.39 is 0 Å². The van der Waals surface area contributed by atoms with E-state index in [0.29, 0.717) is 5.92 Å². The predicted octanol–water partition coefficient (Wildman–Crippen LogP) is 3.98. The molecule has 0 heterocycles. The van der Waals surface area contributed by atoms with Crippen LogP contribution in [0, 0.1) is 12.8 Å². The molecule has 2 heteroatoms. The lowest BCUT2D eigenvalue weighted by Gasteiger charge is -2.36. The maximum absolute atomic E-state index is 9.81. The Labute approximate surface area is 111 Å². The minimum absolute atomic E-state index is 0.183. The molecule has 0 radical (unpaired) electrons. The van der Waals surface area contributed by atoms with Gasteiger partial charge in [-0.1, -0.05) is 45.4 Å². The summed E-state index contributed by atoms with van der Waals surface area (Å²) in [7, 11) is 0. The van der Waals surface area contributed by atoms with Crippen molar-refractivity contribution in [3.05, 3.63) is 29.8 Å². The molecule has 0 aliphatic rings. The number of aliphatic hydroxyl groups excluding tert-OH is 1. The van der Waals surface area contributed by atoms with Crippen LogP contribution >= 0.6 is 0 Å². The van der Waals surface area contributed by atoms with Crippen molar-refractivity contribution in [3.63, 3.8) is 0 Å². The topological polar surface area (TPSA) is 32.3 Å². The molecule has 0 amide bonds. The molecule has 0 aromatic heterocycles. The molecule has 0 saturated carbocycles. The van der Waals surface area contributed by atoms with Crippen LogP contribution in [0.15, 0.2) is 24.3 Å². The molecule has 0 spiro atoms. The zero-order chi connectivity index (χ0) is 13.6. The van der Waals surface area contributed by atoms with E-state index in [1.54, 1.807) is 0 Å². The molecule has 1 aromatic carbocycles. The zero-order valence-electron chi connectivity index (χ0n) is 12.2. The molecule has 0 aliphatic carbocycles. The fraction of sp³-hybridized carbons (Fsp3) is 0.625. The van der Waals surface area contributed by atoms with Crippen LogP contribution in [0.3, 0.4) is 0 Å². The van der Waals surface area contributed by atoms with Crippen molar-refractivity contribution in [1.29, 1.82) is 0 Å². The molecule has 2 nitrogen and oxygen atoms in total. The largest absolute Gasteiger partial charge is 0.394 e. The van der Waals surface area contributed by atoms with Gasteiger partial charge in [0, 0.05) is 5.69 Å². The second-order valence-electron chi connectivity index (χ2n) is 5.45. The number of benzene rings is 1. The van der Waals surface area contributed by atoms with Crippen molar-refractivity contribution < 1.29 is 5.11 Å². The first-order chi connectivity index (χ1) is 8.56. The van der Waals surface area contributed by atoms with Crippen molar-refractivity contribution in [2.75, 3.05) is 11.9 Å². The number of nitrogens with one attached hydrogen (secondary N) is 1. The first-order valence-electron chi connectivity index (χ1n) is 7.01. The van der Waals surface area contributed by atoms with Gasteiger partial charge in [0.25, 0.3) is 0 Å². The van der Waals surface area contributed by atoms with Gasteiger partial charge in [0.2, 0.25) is 0 Å². The number of rotatable bonds is 7. The lowest BCUT2D eigenvalue weighted by molar-refractivity contribution is 0.181. The first-order valence-corrected chi connectivity index (χ1v) is 7.01. The molecule has 102 valence electrons. The van der Waals surface area contributed by atoms with Gasteiger partial charge in [-0.15, -0.1) is 0 Å². The van der Waals surface area contributed by atoms with Crippen molar-refractivity contribution in [3.8, 4) is 0 Å². The third kappa shape index (κ3) is 3.74. The summed E-state index contributed by atoms with van der Waals surface area (Å²) in [5.74, 6) is 0.619. The molecule has 0 saturated heterocycles. The van der Waals surface area contributed by atoms with Gasteiger partial charge in [0.1, 0.15) is 0 Å². The van der Waals surface area contributed by atoms with E-state index in [1.807, 2.05) is 12.1 Å². The molecule has 2 atom stereocenters. The quantitative estimate of drug-likeness (QED) is 0.766. The molecular formula is C16H27NO. The summed E-state index contributed by atoms with van der Waals surface area (Å²) in [4.78, 5) is 0. The van der Waals surface area contributed by atoms with E-state index in [1.165, 1.54) is 5.56 Å². The van der Waals surface area contributed by atoms with Gasteiger partial charge < -0.3 is 10.4 Å². The Hall–Kier alpha value is -1.02. The Morgan fingerprint density at radius 2 is 1.94 bits per heavy atom. The molecule has 0 fully saturated rings. The summed E-state index contributed by atoms with van der Waals surface area (Å²) in [6, 6.07) is 8.27. The minimum Gasteiger partial charge on any atom is -0.394 e. The second-order valence-corrected chi connectivity index (χ2v) is 5.45. The monoisotopic (exact) mass is 249 g/mol. The van der Waals surface area contributed by atoms with Gasteiger partial charge in [-0.05, 0) is 37.3 Å². The Morgan fingerprint density at radius 3 is 2.44 bits per heavy atom. The third-order valence-electron chi connectivity index (χ3n) is 3.96. The SMILES string of the molecule is CCC(C)CC(CC)(CO)Nc1ccccc1C. The van der Waals surface area contributed by atoms with Crippen molar-refractivity contribution >= 4 is 5.69 Å². The summed E-state index contributed by atoms with van der Waals surface area (Å²) in [6.07, 6.45) is 3.09. The maximum Gasteiger partial charge on any atom is 0.0661 e. The van der Waals surface area contributed by atoms with E-state index >= 15 is 0 Å². The van der Waals surface area contributed by atoms with Gasteiger partial charge in [0.05, 0.1) is 12.1 Å². The predicted molar refractivity (Wildman–Crippen MR) is 79.0 cm³/mol. The van der Waals surface area contributed by atoms with Crippen LogP contribution in [0.5, 0.6) is 0 Å². The van der Waals surface area contributed by atoms with Crippen LogP contribution in [0.4, 0.5) is 5.69 Å². The van der Waals surface area contributed by atoms with E-state index in [2.05, 4.69) is 45.1 Å². The van der Waals surface area contributed by atoms with Crippen molar-refractivity contribution in [2.24, 2.45) is 5.92 Å². The number of hydrogen-bond acceptors (Lipinski definition) is 2. The van der Waals surface area contributed by atoms with Crippen LogP contribution < -0.4 is 5.32 Å². The molecular weight excluding hydrogens is 222 g/mol. The van der Waals surface area contributed by atoms with Gasteiger partial charge in [-0.25, -0.2) is 0 Å². The fourth-order valence-electron chi connectivity index (χ4n) is 2.31. The van der Waals surface area contributed by atoms with Crippen molar-refractivity contribution in [1.82, 2.24) is 0 Å². The third-order valence-corrected chi connectivity index (χ3v) is 3.96. The van der Waals surface area contributed by atoms with E-state index in [4.69, 9.17) is 0 Å². The van der Waals surface area contributed by atoms with Crippen LogP contribution in [0.25, 0.3) is 0 Å². The van der Waals surface area contributed by atoms with Crippen LogP contribution in [-0.2, 0) is 0 Å². The summed E-state index contributed by atoms with van der Waals surface area (Å²) in [5, 5.41) is 13.4. The highest BCUT2D eigenvalue weighted by Gasteiger charge is 2.29. The standard InChI is InChI=1S/C16H27NO/c1-5-13(3)11-16(6-2,12-18)17-15-10-8-7-9-14(15)4/h7-10,13,17-18H,5-6,11-12H2,1-4H3. The number of aliphatic hydroxyl groups is 1. The highest BCUT2D eigenvalue weighted by Crippen LogP contribution is 2.28. The summed E-state index contributed by atoms with van der Waals surface area (Å²) in [6.45, 7) is 8.88. The number of hydrogen-bond donors (Lipinski definition) is 2. The van der Waals surface area contributed by atoms with Crippen LogP contribution in [0.2, 0.25) is 0 Å². The fourth-order valence-corrected chi connectivity index (χ4v) is 2.31. The summed E-state index contributed by atoms with van der Waals surface area (Å²) in [5.41, 5.74) is 2.17. The van der Waals surface area contributed by atoms with E-state index in [0.717, 1.165) is 24.9 Å². The van der Waals surface area contributed by atoms with Crippen LogP contribution in [0.1, 0.15) is 45.6 Å². The normalized spacial score (nSPS) is 16.1. The lowest BCUT2D eigenvalue weighted by atomic mass is 9.85. The maximum atomic E-state index is 9.81. The average Bonchev–Trinajstić information content (AvgIpc) is 2.40.